The number of benzene rings is 1. The summed E-state index contributed by atoms with van der Waals surface area (Å²) < 4.78 is 0. The third-order valence-electron chi connectivity index (χ3n) is 8.70. The fraction of sp³-hybridized carbons (Fsp3) is 0.538. The highest BCUT2D eigenvalue weighted by Gasteiger charge is 2.27. The van der Waals surface area contributed by atoms with Gasteiger partial charge in [0.2, 0.25) is 53.2 Å². The maximum absolute atomic E-state index is 13.3. The lowest BCUT2D eigenvalue weighted by Gasteiger charge is -2.22. The van der Waals surface area contributed by atoms with Gasteiger partial charge in [0.15, 0.2) is 5.96 Å². The van der Waals surface area contributed by atoms with Gasteiger partial charge < -0.3 is 69.5 Å². The Morgan fingerprint density at radius 1 is 0.562 bits per heavy atom. The number of rotatable bonds is 29. The summed E-state index contributed by atoms with van der Waals surface area (Å²) in [5.41, 5.74) is 11.4. The van der Waals surface area contributed by atoms with Crippen LogP contribution in [-0.4, -0.2) is 145 Å². The molecule has 0 aliphatic rings. The summed E-state index contributed by atoms with van der Waals surface area (Å²) in [7, 11) is 0. The Morgan fingerprint density at radius 3 is 1.52 bits per heavy atom. The minimum absolute atomic E-state index is 0.00506. The van der Waals surface area contributed by atoms with Gasteiger partial charge in [-0.15, -0.1) is 0 Å². The van der Waals surface area contributed by atoms with Crippen LogP contribution in [0.15, 0.2) is 35.3 Å². The van der Waals surface area contributed by atoms with Crippen molar-refractivity contribution in [3.8, 4) is 0 Å². The summed E-state index contributed by atoms with van der Waals surface area (Å²) >= 11 is 0. The topological polar surface area (TPSA) is 401 Å². The number of carboxylic acids is 2. The van der Waals surface area contributed by atoms with E-state index in [2.05, 4.69) is 52.8 Å². The first-order valence-corrected chi connectivity index (χ1v) is 20.2. The molecule has 1 aromatic carbocycles. The van der Waals surface area contributed by atoms with Gasteiger partial charge in [-0.05, 0) is 37.7 Å². The number of hydrogen-bond acceptors (Lipinski definition) is 12. The molecule has 0 aromatic heterocycles. The quantitative estimate of drug-likeness (QED) is 0.0204. The number of carboxylic acid groups (broad SMARTS) is 2. The van der Waals surface area contributed by atoms with Crippen molar-refractivity contribution < 1.29 is 63.0 Å². The lowest BCUT2D eigenvalue weighted by Crippen LogP contribution is -2.55. The predicted molar refractivity (Wildman–Crippen MR) is 227 cm³/mol. The minimum atomic E-state index is -1.29. The lowest BCUT2D eigenvalue weighted by atomic mass is 10.0. The molecule has 9 amide bonds. The largest absolute Gasteiger partial charge is 0.481 e. The molecule has 0 spiro atoms. The van der Waals surface area contributed by atoms with Crippen LogP contribution in [0.2, 0.25) is 0 Å². The van der Waals surface area contributed by atoms with Gasteiger partial charge >= 0.3 is 11.9 Å². The zero-order valence-corrected chi connectivity index (χ0v) is 36.1. The van der Waals surface area contributed by atoms with Gasteiger partial charge in [-0.1, -0.05) is 51.1 Å². The molecule has 0 aliphatic carbocycles. The van der Waals surface area contributed by atoms with Crippen LogP contribution in [0.4, 0.5) is 0 Å². The molecule has 25 nitrogen and oxygen atoms in total. The Bertz CT molecular complexity index is 1840. The number of carbonyl (C=O) groups excluding carboxylic acids is 9. The van der Waals surface area contributed by atoms with Crippen molar-refractivity contribution in [3.63, 3.8) is 0 Å². The molecule has 1 rings (SSSR count). The minimum Gasteiger partial charge on any atom is -0.481 e. The van der Waals surface area contributed by atoms with E-state index < -0.39 is 134 Å². The van der Waals surface area contributed by atoms with E-state index in [4.69, 9.17) is 21.7 Å². The van der Waals surface area contributed by atoms with Crippen molar-refractivity contribution in [2.45, 2.75) is 84.0 Å². The molecule has 1 aromatic rings. The van der Waals surface area contributed by atoms with Crippen molar-refractivity contribution in [1.29, 1.82) is 0 Å². The Hall–Kier alpha value is -7.34. The summed E-state index contributed by atoms with van der Waals surface area (Å²) in [6.07, 6.45) is -0.174. The zero-order chi connectivity index (χ0) is 48.4. The Balaban J connectivity index is 2.90. The van der Waals surface area contributed by atoms with E-state index in [1.807, 2.05) is 0 Å². The highest BCUT2D eigenvalue weighted by Crippen LogP contribution is 2.07. The van der Waals surface area contributed by atoms with Crippen molar-refractivity contribution in [2.75, 3.05) is 39.3 Å². The smallest absolute Gasteiger partial charge is 0.322 e. The van der Waals surface area contributed by atoms with Crippen LogP contribution >= 0.6 is 0 Å². The maximum Gasteiger partial charge on any atom is 0.322 e. The number of nitrogens with two attached hydrogens (primary N) is 2. The maximum atomic E-state index is 13.3. The van der Waals surface area contributed by atoms with Crippen molar-refractivity contribution >= 4 is 71.1 Å². The molecule has 0 aliphatic heterocycles. The van der Waals surface area contributed by atoms with E-state index in [1.165, 1.54) is 13.8 Å². The second-order valence-corrected chi connectivity index (χ2v) is 14.9. The standard InChI is InChI=1S/C39H60N12O13/c1-21(2)13-26(50-31(55)19-46-38(64)27(15-24-9-6-5-7-10-24)51-30(54)17-43-34(60)22(3)14-32(56)57)37(63)45-18-29(53)49-25(11-8-12-42-39(40)41)36(62)44-16-28(52)48-23(4)35(61)47-20-33(58)59/h5-7,9-10,21-23,25-27H,8,11-20H2,1-4H3,(H,43,60)(H,44,62)(H,45,63)(H,46,64)(H,47,61)(H,48,52)(H,49,53)(H,50,55)(H,51,54)(H,56,57)(H,58,59)(H4,40,41,42)/t22-,23-,25-,26-,27-/m0/s1. The zero-order valence-electron chi connectivity index (χ0n) is 36.1. The molecule has 15 N–H and O–H groups in total. The predicted octanol–water partition coefficient (Wildman–Crippen LogP) is -4.94. The van der Waals surface area contributed by atoms with E-state index in [9.17, 15) is 52.7 Å². The van der Waals surface area contributed by atoms with E-state index in [1.54, 1.807) is 44.2 Å². The molecule has 354 valence electrons. The number of aliphatic imine (C=N–C) groups is 1. The summed E-state index contributed by atoms with van der Waals surface area (Å²) in [6.45, 7) is 3.17. The van der Waals surface area contributed by atoms with Gasteiger partial charge in [-0.25, -0.2) is 0 Å². The van der Waals surface area contributed by atoms with Crippen LogP contribution in [0, 0.1) is 11.8 Å². The van der Waals surface area contributed by atoms with Crippen LogP contribution in [-0.2, 0) is 59.2 Å². The van der Waals surface area contributed by atoms with E-state index in [0.717, 1.165) is 0 Å². The van der Waals surface area contributed by atoms with Gasteiger partial charge in [0.1, 0.15) is 30.7 Å². The fourth-order valence-corrected chi connectivity index (χ4v) is 5.51. The van der Waals surface area contributed by atoms with Gasteiger partial charge in [-0.3, -0.25) is 57.7 Å². The van der Waals surface area contributed by atoms with Crippen molar-refractivity contribution in [1.82, 2.24) is 47.9 Å². The molecule has 0 bridgehead atoms. The molecule has 0 radical (unpaired) electrons. The molecule has 64 heavy (non-hydrogen) atoms. The lowest BCUT2D eigenvalue weighted by molar-refractivity contribution is -0.141. The molecular formula is C39H60N12O13. The number of guanidine groups is 1. The highest BCUT2D eigenvalue weighted by molar-refractivity contribution is 5.96. The van der Waals surface area contributed by atoms with Crippen LogP contribution in [0.1, 0.15) is 58.9 Å². The molecule has 0 saturated heterocycles. The van der Waals surface area contributed by atoms with E-state index in [-0.39, 0.29) is 44.1 Å². The third-order valence-corrected chi connectivity index (χ3v) is 8.70. The summed E-state index contributed by atoms with van der Waals surface area (Å²) in [5, 5.41) is 39.0. The molecule has 0 unspecified atom stereocenters. The number of amides is 9. The highest BCUT2D eigenvalue weighted by atomic mass is 16.4. The average molecular weight is 905 g/mol. The normalized spacial score (nSPS) is 12.9. The van der Waals surface area contributed by atoms with Crippen molar-refractivity contribution in [3.05, 3.63) is 35.9 Å². The number of nitrogens with one attached hydrogen (secondary N) is 9. The van der Waals surface area contributed by atoms with Gasteiger partial charge in [-0.2, -0.15) is 0 Å². The monoisotopic (exact) mass is 904 g/mol. The summed E-state index contributed by atoms with van der Waals surface area (Å²) in [5.74, 6) is -10.8. The first kappa shape index (κ1) is 54.7. The molecule has 0 saturated carbocycles. The Morgan fingerprint density at radius 2 is 1.02 bits per heavy atom. The number of aliphatic carboxylic acids is 2. The first-order chi connectivity index (χ1) is 30.1. The van der Waals surface area contributed by atoms with Gasteiger partial charge in [0.25, 0.3) is 0 Å². The van der Waals surface area contributed by atoms with Crippen LogP contribution < -0.4 is 59.3 Å². The number of nitrogens with zero attached hydrogens (tertiary/aromatic N) is 1. The van der Waals surface area contributed by atoms with Crippen molar-refractivity contribution in [2.24, 2.45) is 28.3 Å². The average Bonchev–Trinajstić information content (AvgIpc) is 3.22. The summed E-state index contributed by atoms with van der Waals surface area (Å²) in [6, 6.07) is 3.79. The van der Waals surface area contributed by atoms with Crippen LogP contribution in [0.25, 0.3) is 0 Å². The summed E-state index contributed by atoms with van der Waals surface area (Å²) in [4.78, 5) is 140. The van der Waals surface area contributed by atoms with Gasteiger partial charge in [0, 0.05) is 18.9 Å². The molecular weight excluding hydrogens is 844 g/mol. The Kier molecular flexibility index (Phi) is 24.8. The second kappa shape index (κ2) is 29.1. The SMILES string of the molecule is CC(C)C[C@H](NC(=O)CNC(=O)[C@H](Cc1ccccc1)NC(=O)CNC(=O)[C@@H](C)CC(=O)O)C(=O)NCC(=O)N[C@@H](CCCN=C(N)N)C(=O)NCC(=O)N[C@@H](C)C(=O)NCC(=O)O. The first-order valence-electron chi connectivity index (χ1n) is 20.2. The van der Waals surface area contributed by atoms with Gasteiger partial charge in [0.05, 0.1) is 32.6 Å². The fourth-order valence-electron chi connectivity index (χ4n) is 5.51. The van der Waals surface area contributed by atoms with Crippen LogP contribution in [0.5, 0.6) is 0 Å². The van der Waals surface area contributed by atoms with Crippen LogP contribution in [0.3, 0.4) is 0 Å². The molecule has 0 heterocycles. The van der Waals surface area contributed by atoms with E-state index in [0.29, 0.717) is 5.56 Å². The molecule has 25 heteroatoms. The second-order valence-electron chi connectivity index (χ2n) is 14.9. The molecule has 0 fully saturated rings. The third kappa shape index (κ3) is 24.2. The number of hydrogen-bond donors (Lipinski definition) is 13. The molecule has 5 atom stereocenters. The Labute approximate surface area is 368 Å². The van der Waals surface area contributed by atoms with E-state index >= 15 is 0 Å². The number of carbonyl (C=O) groups is 11.